The van der Waals surface area contributed by atoms with Gasteiger partial charge < -0.3 is 10.6 Å². The fourth-order valence-electron chi connectivity index (χ4n) is 2.38. The van der Waals surface area contributed by atoms with Gasteiger partial charge in [-0.05, 0) is 25.0 Å². The van der Waals surface area contributed by atoms with Crippen molar-refractivity contribution in [2.45, 2.75) is 44.6 Å². The summed E-state index contributed by atoms with van der Waals surface area (Å²) in [5, 5.41) is 6.04. The van der Waals surface area contributed by atoms with Crippen molar-refractivity contribution in [3.63, 3.8) is 0 Å². The molecule has 1 aromatic heterocycles. The number of amides is 1. The van der Waals surface area contributed by atoms with Gasteiger partial charge in [-0.1, -0.05) is 31.7 Å². The highest BCUT2D eigenvalue weighted by Crippen LogP contribution is 2.17. The smallest absolute Gasteiger partial charge is 0.270 e. The van der Waals surface area contributed by atoms with E-state index in [4.69, 9.17) is 0 Å². The van der Waals surface area contributed by atoms with E-state index in [9.17, 15) is 4.79 Å². The van der Waals surface area contributed by atoms with E-state index in [0.29, 0.717) is 11.7 Å². The third kappa shape index (κ3) is 3.45. The number of pyridine rings is 1. The third-order valence-corrected chi connectivity index (χ3v) is 3.43. The van der Waals surface area contributed by atoms with Crippen molar-refractivity contribution >= 4 is 11.7 Å². The highest BCUT2D eigenvalue weighted by molar-refractivity contribution is 5.92. The molecule has 2 rings (SSSR count). The molecule has 1 amide bonds. The molecule has 1 aliphatic rings. The molecule has 1 aliphatic carbocycles. The van der Waals surface area contributed by atoms with Crippen molar-refractivity contribution in [3.05, 3.63) is 23.9 Å². The van der Waals surface area contributed by atoms with Crippen LogP contribution in [0, 0.1) is 0 Å². The Morgan fingerprint density at radius 3 is 2.61 bits per heavy atom. The molecule has 0 saturated heterocycles. The van der Waals surface area contributed by atoms with Gasteiger partial charge in [-0.2, -0.15) is 0 Å². The Labute approximate surface area is 108 Å². The van der Waals surface area contributed by atoms with E-state index in [2.05, 4.69) is 15.6 Å². The van der Waals surface area contributed by atoms with Crippen LogP contribution in [-0.2, 0) is 0 Å². The minimum atomic E-state index is -0.0565. The maximum atomic E-state index is 12.1. The Morgan fingerprint density at radius 1 is 1.22 bits per heavy atom. The van der Waals surface area contributed by atoms with Crippen LogP contribution in [0.25, 0.3) is 0 Å². The van der Waals surface area contributed by atoms with Crippen LogP contribution in [0.15, 0.2) is 18.2 Å². The Balaban J connectivity index is 1.97. The van der Waals surface area contributed by atoms with Gasteiger partial charge in [0.1, 0.15) is 11.5 Å². The molecule has 0 aromatic carbocycles. The summed E-state index contributed by atoms with van der Waals surface area (Å²) in [5.41, 5.74) is 0.492. The first-order valence-electron chi connectivity index (χ1n) is 6.75. The summed E-state index contributed by atoms with van der Waals surface area (Å²) in [7, 11) is 1.80. The van der Waals surface area contributed by atoms with Crippen molar-refractivity contribution in [2.24, 2.45) is 0 Å². The second-order valence-corrected chi connectivity index (χ2v) is 4.82. The van der Waals surface area contributed by atoms with E-state index < -0.39 is 0 Å². The van der Waals surface area contributed by atoms with E-state index in [1.165, 1.54) is 25.7 Å². The Hall–Kier alpha value is -1.58. The molecule has 2 N–H and O–H groups in total. The molecular weight excluding hydrogens is 226 g/mol. The lowest BCUT2D eigenvalue weighted by Crippen LogP contribution is -2.34. The molecule has 0 spiro atoms. The summed E-state index contributed by atoms with van der Waals surface area (Å²) >= 11 is 0. The lowest BCUT2D eigenvalue weighted by atomic mass is 10.1. The number of carbonyl (C=O) groups is 1. The summed E-state index contributed by atoms with van der Waals surface area (Å²) in [5.74, 6) is 0.669. The second-order valence-electron chi connectivity index (χ2n) is 4.82. The summed E-state index contributed by atoms with van der Waals surface area (Å²) < 4.78 is 0. The standard InChI is InChI=1S/C14H21N3O/c1-15-13-10-6-9-12(17-13)14(18)16-11-7-4-2-3-5-8-11/h6,9-11H,2-5,7-8H2,1H3,(H,15,17)(H,16,18). The van der Waals surface area contributed by atoms with E-state index in [0.717, 1.165) is 18.7 Å². The number of hydrogen-bond donors (Lipinski definition) is 2. The monoisotopic (exact) mass is 247 g/mol. The topological polar surface area (TPSA) is 54.0 Å². The number of nitrogens with zero attached hydrogens (tertiary/aromatic N) is 1. The number of nitrogens with one attached hydrogen (secondary N) is 2. The van der Waals surface area contributed by atoms with Gasteiger partial charge in [0.25, 0.3) is 5.91 Å². The normalized spacial score (nSPS) is 16.9. The van der Waals surface area contributed by atoms with Crippen molar-refractivity contribution in [3.8, 4) is 0 Å². The molecule has 0 bridgehead atoms. The first-order chi connectivity index (χ1) is 8.79. The third-order valence-electron chi connectivity index (χ3n) is 3.43. The van der Waals surface area contributed by atoms with Crippen LogP contribution in [0.3, 0.4) is 0 Å². The minimum Gasteiger partial charge on any atom is -0.373 e. The maximum Gasteiger partial charge on any atom is 0.270 e. The molecule has 1 heterocycles. The lowest BCUT2D eigenvalue weighted by molar-refractivity contribution is 0.0928. The first-order valence-corrected chi connectivity index (χ1v) is 6.75. The molecular formula is C14H21N3O. The summed E-state index contributed by atoms with van der Waals surface area (Å²) in [6.07, 6.45) is 7.21. The Kier molecular flexibility index (Phi) is 4.56. The predicted molar refractivity (Wildman–Crippen MR) is 72.7 cm³/mol. The average Bonchev–Trinajstić information content (AvgIpc) is 2.67. The number of carbonyl (C=O) groups excluding carboxylic acids is 1. The van der Waals surface area contributed by atoms with Crippen molar-refractivity contribution in [1.82, 2.24) is 10.3 Å². The maximum absolute atomic E-state index is 12.1. The number of aromatic nitrogens is 1. The van der Waals surface area contributed by atoms with Crippen molar-refractivity contribution in [1.29, 1.82) is 0 Å². The molecule has 1 saturated carbocycles. The molecule has 1 fully saturated rings. The van der Waals surface area contributed by atoms with E-state index >= 15 is 0 Å². The number of rotatable bonds is 3. The lowest BCUT2D eigenvalue weighted by Gasteiger charge is -2.16. The Bertz CT molecular complexity index is 398. The van der Waals surface area contributed by atoms with Gasteiger partial charge in [0, 0.05) is 13.1 Å². The molecule has 0 unspecified atom stereocenters. The number of hydrogen-bond acceptors (Lipinski definition) is 3. The minimum absolute atomic E-state index is 0.0565. The van der Waals surface area contributed by atoms with Crippen LogP contribution >= 0.6 is 0 Å². The van der Waals surface area contributed by atoms with Crippen LogP contribution in [-0.4, -0.2) is 24.0 Å². The summed E-state index contributed by atoms with van der Waals surface area (Å²) in [6.45, 7) is 0. The molecule has 0 aliphatic heterocycles. The fourth-order valence-corrected chi connectivity index (χ4v) is 2.38. The highest BCUT2D eigenvalue weighted by atomic mass is 16.1. The van der Waals surface area contributed by atoms with Crippen molar-refractivity contribution in [2.75, 3.05) is 12.4 Å². The molecule has 98 valence electrons. The van der Waals surface area contributed by atoms with Crippen molar-refractivity contribution < 1.29 is 4.79 Å². The van der Waals surface area contributed by atoms with Gasteiger partial charge in [0.2, 0.25) is 0 Å². The predicted octanol–water partition coefficient (Wildman–Crippen LogP) is 2.58. The zero-order valence-electron chi connectivity index (χ0n) is 10.9. The quantitative estimate of drug-likeness (QED) is 0.807. The summed E-state index contributed by atoms with van der Waals surface area (Å²) in [4.78, 5) is 16.3. The van der Waals surface area contributed by atoms with E-state index in [1.54, 1.807) is 13.1 Å². The van der Waals surface area contributed by atoms with Crippen LogP contribution in [0.2, 0.25) is 0 Å². The fraction of sp³-hybridized carbons (Fsp3) is 0.571. The average molecular weight is 247 g/mol. The summed E-state index contributed by atoms with van der Waals surface area (Å²) in [6, 6.07) is 5.77. The molecule has 18 heavy (non-hydrogen) atoms. The van der Waals surface area contributed by atoms with Crippen LogP contribution in [0.5, 0.6) is 0 Å². The second kappa shape index (κ2) is 6.38. The molecule has 1 aromatic rings. The van der Waals surface area contributed by atoms with E-state index in [-0.39, 0.29) is 5.91 Å². The Morgan fingerprint density at radius 2 is 1.94 bits per heavy atom. The van der Waals surface area contributed by atoms with Gasteiger partial charge in [-0.3, -0.25) is 4.79 Å². The first kappa shape index (κ1) is 12.9. The van der Waals surface area contributed by atoms with Gasteiger partial charge in [-0.15, -0.1) is 0 Å². The van der Waals surface area contributed by atoms with Gasteiger partial charge in [0.15, 0.2) is 0 Å². The zero-order valence-corrected chi connectivity index (χ0v) is 10.9. The zero-order chi connectivity index (χ0) is 12.8. The molecule has 0 atom stereocenters. The van der Waals surface area contributed by atoms with Gasteiger partial charge in [0.05, 0.1) is 0 Å². The highest BCUT2D eigenvalue weighted by Gasteiger charge is 2.16. The largest absolute Gasteiger partial charge is 0.373 e. The SMILES string of the molecule is CNc1cccc(C(=O)NC2CCCCCC2)n1. The van der Waals surface area contributed by atoms with Gasteiger partial charge >= 0.3 is 0 Å². The molecule has 4 nitrogen and oxygen atoms in total. The molecule has 0 radical (unpaired) electrons. The van der Waals surface area contributed by atoms with Crippen LogP contribution < -0.4 is 10.6 Å². The van der Waals surface area contributed by atoms with E-state index in [1.807, 2.05) is 12.1 Å². The van der Waals surface area contributed by atoms with Crippen LogP contribution in [0.1, 0.15) is 49.0 Å². The van der Waals surface area contributed by atoms with Gasteiger partial charge in [-0.25, -0.2) is 4.98 Å². The molecule has 4 heteroatoms. The van der Waals surface area contributed by atoms with Crippen LogP contribution in [0.4, 0.5) is 5.82 Å². The number of anilines is 1.